The van der Waals surface area contributed by atoms with Crippen LogP contribution in [0.15, 0.2) is 41.9 Å². The van der Waals surface area contributed by atoms with E-state index in [1.165, 1.54) is 5.56 Å². The lowest BCUT2D eigenvalue weighted by atomic mass is 10.2. The summed E-state index contributed by atoms with van der Waals surface area (Å²) in [4.78, 5) is 4.94. The quantitative estimate of drug-likeness (QED) is 0.811. The van der Waals surface area contributed by atoms with Crippen molar-refractivity contribution in [1.82, 2.24) is 9.80 Å². The molecule has 1 fully saturated rings. The highest BCUT2D eigenvalue weighted by molar-refractivity contribution is 6.25. The van der Waals surface area contributed by atoms with E-state index in [0.29, 0.717) is 0 Å². The van der Waals surface area contributed by atoms with Gasteiger partial charge in [0.05, 0.1) is 0 Å². The molecule has 0 spiro atoms. The summed E-state index contributed by atoms with van der Waals surface area (Å²) in [5.41, 5.74) is 3.01. The number of rotatable bonds is 4. The second kappa shape index (κ2) is 6.80. The first kappa shape index (κ1) is 12.6. The summed E-state index contributed by atoms with van der Waals surface area (Å²) in [5, 5.41) is 0. The highest BCUT2D eigenvalue weighted by atomic mass is 35.5. The van der Waals surface area contributed by atoms with E-state index in [1.54, 1.807) is 5.54 Å². The third kappa shape index (κ3) is 4.15. The summed E-state index contributed by atoms with van der Waals surface area (Å²) >= 11 is 5.54. The molecule has 1 heterocycles. The molecule has 0 atom stereocenters. The van der Waals surface area contributed by atoms with Gasteiger partial charge in [-0.2, -0.15) is 0 Å². The zero-order valence-electron chi connectivity index (χ0n) is 10.1. The van der Waals surface area contributed by atoms with E-state index in [-0.39, 0.29) is 0 Å². The minimum absolute atomic E-state index is 0.975. The van der Waals surface area contributed by atoms with Gasteiger partial charge in [-0.25, -0.2) is 0 Å². The van der Waals surface area contributed by atoms with Crippen molar-refractivity contribution in [3.05, 3.63) is 47.5 Å². The molecule has 2 rings (SSSR count). The molecule has 17 heavy (non-hydrogen) atoms. The van der Waals surface area contributed by atoms with Gasteiger partial charge in [0.15, 0.2) is 0 Å². The Labute approximate surface area is 108 Å². The maximum atomic E-state index is 5.54. The third-order valence-electron chi connectivity index (χ3n) is 3.17. The lowest BCUT2D eigenvalue weighted by Gasteiger charge is -2.34. The van der Waals surface area contributed by atoms with E-state index in [4.69, 9.17) is 11.6 Å². The van der Waals surface area contributed by atoms with E-state index in [1.807, 2.05) is 6.08 Å². The van der Waals surface area contributed by atoms with E-state index in [0.717, 1.165) is 39.3 Å². The summed E-state index contributed by atoms with van der Waals surface area (Å²) in [7, 11) is 0. The molecule has 0 aromatic heterocycles. The molecular formula is C14H19ClN2. The van der Waals surface area contributed by atoms with Gasteiger partial charge >= 0.3 is 0 Å². The molecule has 1 aliphatic rings. The van der Waals surface area contributed by atoms with Crippen LogP contribution in [0, 0.1) is 0 Å². The highest BCUT2D eigenvalue weighted by Gasteiger charge is 2.15. The number of hydrogen-bond acceptors (Lipinski definition) is 2. The van der Waals surface area contributed by atoms with Crippen LogP contribution in [0.5, 0.6) is 0 Å². The van der Waals surface area contributed by atoms with Crippen LogP contribution < -0.4 is 0 Å². The molecule has 1 aromatic rings. The molecule has 1 aromatic carbocycles. The average Bonchev–Trinajstić information content (AvgIpc) is 2.39. The SMILES string of the molecule is Cl/C=C/CN1CCN(Cc2ccccc2)CC1. The Hall–Kier alpha value is -0.830. The lowest BCUT2D eigenvalue weighted by Crippen LogP contribution is -2.45. The molecule has 3 heteroatoms. The zero-order chi connectivity index (χ0) is 11.9. The average molecular weight is 251 g/mol. The van der Waals surface area contributed by atoms with Crippen LogP contribution in [0.2, 0.25) is 0 Å². The Bertz CT molecular complexity index is 342. The number of hydrogen-bond donors (Lipinski definition) is 0. The van der Waals surface area contributed by atoms with Gasteiger partial charge in [-0.05, 0) is 5.56 Å². The Morgan fingerprint density at radius 3 is 2.29 bits per heavy atom. The van der Waals surface area contributed by atoms with Gasteiger partial charge in [-0.1, -0.05) is 48.0 Å². The molecule has 0 radical (unpaired) electrons. The summed E-state index contributed by atoms with van der Waals surface area (Å²) in [6.07, 6.45) is 2.01. The molecule has 2 nitrogen and oxygen atoms in total. The van der Waals surface area contributed by atoms with Crippen molar-refractivity contribution in [3.8, 4) is 0 Å². The molecule has 0 aliphatic carbocycles. The van der Waals surface area contributed by atoms with Crippen molar-refractivity contribution in [2.24, 2.45) is 0 Å². The van der Waals surface area contributed by atoms with Gasteiger partial charge in [0.1, 0.15) is 0 Å². The van der Waals surface area contributed by atoms with Gasteiger partial charge in [0.2, 0.25) is 0 Å². The number of benzene rings is 1. The van der Waals surface area contributed by atoms with Crippen molar-refractivity contribution in [2.75, 3.05) is 32.7 Å². The van der Waals surface area contributed by atoms with Gasteiger partial charge in [-0.15, -0.1) is 0 Å². The topological polar surface area (TPSA) is 6.48 Å². The van der Waals surface area contributed by atoms with Crippen LogP contribution in [0.25, 0.3) is 0 Å². The maximum Gasteiger partial charge on any atom is 0.0234 e. The van der Waals surface area contributed by atoms with E-state index in [9.17, 15) is 0 Å². The van der Waals surface area contributed by atoms with Crippen LogP contribution >= 0.6 is 11.6 Å². The standard InChI is InChI=1S/C14H19ClN2/c15-7-4-8-16-9-11-17(12-10-16)13-14-5-2-1-3-6-14/h1-7H,8-13H2/b7-4+. The van der Waals surface area contributed by atoms with E-state index >= 15 is 0 Å². The Morgan fingerprint density at radius 1 is 1.00 bits per heavy atom. The predicted octanol–water partition coefficient (Wildman–Crippen LogP) is 2.56. The van der Waals surface area contributed by atoms with Crippen LogP contribution in [0.1, 0.15) is 5.56 Å². The third-order valence-corrected chi connectivity index (χ3v) is 3.34. The highest BCUT2D eigenvalue weighted by Crippen LogP contribution is 2.08. The Balaban J connectivity index is 1.76. The molecule has 92 valence electrons. The van der Waals surface area contributed by atoms with Crippen LogP contribution in [-0.4, -0.2) is 42.5 Å². The first-order valence-corrected chi connectivity index (χ1v) is 6.56. The normalized spacial score (nSPS) is 18.9. The largest absolute Gasteiger partial charge is 0.297 e. The lowest BCUT2D eigenvalue weighted by molar-refractivity contribution is 0.137. The molecule has 1 saturated heterocycles. The van der Waals surface area contributed by atoms with Crippen molar-refractivity contribution in [3.63, 3.8) is 0 Å². The second-order valence-corrected chi connectivity index (χ2v) is 4.68. The summed E-state index contributed by atoms with van der Waals surface area (Å²) in [5.74, 6) is 0. The minimum atomic E-state index is 0.975. The Kier molecular flexibility index (Phi) is 5.05. The number of halogens is 1. The smallest absolute Gasteiger partial charge is 0.0234 e. The molecular weight excluding hydrogens is 232 g/mol. The minimum Gasteiger partial charge on any atom is -0.297 e. The molecule has 0 saturated carbocycles. The van der Waals surface area contributed by atoms with Crippen molar-refractivity contribution < 1.29 is 0 Å². The number of piperazine rings is 1. The summed E-state index contributed by atoms with van der Waals surface area (Å²) < 4.78 is 0. The number of nitrogens with zero attached hydrogens (tertiary/aromatic N) is 2. The fourth-order valence-corrected chi connectivity index (χ4v) is 2.24. The molecule has 0 N–H and O–H groups in total. The predicted molar refractivity (Wildman–Crippen MR) is 73.2 cm³/mol. The first-order chi connectivity index (χ1) is 8.38. The van der Waals surface area contributed by atoms with Crippen LogP contribution in [0.3, 0.4) is 0 Å². The summed E-state index contributed by atoms with van der Waals surface area (Å²) in [6.45, 7) is 6.60. The van der Waals surface area contributed by atoms with Crippen LogP contribution in [-0.2, 0) is 6.54 Å². The zero-order valence-corrected chi connectivity index (χ0v) is 10.8. The summed E-state index contributed by atoms with van der Waals surface area (Å²) in [6, 6.07) is 10.7. The fourth-order valence-electron chi connectivity index (χ4n) is 2.16. The van der Waals surface area contributed by atoms with E-state index < -0.39 is 0 Å². The molecule has 1 aliphatic heterocycles. The Morgan fingerprint density at radius 2 is 1.65 bits per heavy atom. The van der Waals surface area contributed by atoms with Crippen molar-refractivity contribution >= 4 is 11.6 Å². The molecule has 0 bridgehead atoms. The van der Waals surface area contributed by atoms with Gasteiger partial charge < -0.3 is 0 Å². The van der Waals surface area contributed by atoms with Gasteiger partial charge in [0, 0.05) is 44.8 Å². The van der Waals surface area contributed by atoms with Crippen molar-refractivity contribution in [2.45, 2.75) is 6.54 Å². The second-order valence-electron chi connectivity index (χ2n) is 4.42. The van der Waals surface area contributed by atoms with Gasteiger partial charge in [-0.3, -0.25) is 9.80 Å². The first-order valence-electron chi connectivity index (χ1n) is 6.12. The van der Waals surface area contributed by atoms with Crippen LogP contribution in [0.4, 0.5) is 0 Å². The van der Waals surface area contributed by atoms with E-state index in [2.05, 4.69) is 40.1 Å². The van der Waals surface area contributed by atoms with Crippen molar-refractivity contribution in [1.29, 1.82) is 0 Å². The maximum absolute atomic E-state index is 5.54. The monoisotopic (exact) mass is 250 g/mol. The van der Waals surface area contributed by atoms with Gasteiger partial charge in [0.25, 0.3) is 0 Å². The molecule has 0 amide bonds. The molecule has 0 unspecified atom stereocenters. The fraction of sp³-hybridized carbons (Fsp3) is 0.429.